The van der Waals surface area contributed by atoms with Gasteiger partial charge in [0.25, 0.3) is 5.91 Å². The van der Waals surface area contributed by atoms with E-state index in [0.717, 1.165) is 21.2 Å². The van der Waals surface area contributed by atoms with Gasteiger partial charge in [0.15, 0.2) is 11.8 Å². The Labute approximate surface area is 207 Å². The van der Waals surface area contributed by atoms with Crippen molar-refractivity contribution in [3.8, 4) is 5.75 Å². The second kappa shape index (κ2) is 11.1. The summed E-state index contributed by atoms with van der Waals surface area (Å²) in [5.41, 5.74) is 2.86. The number of nitrogens with one attached hydrogen (secondary N) is 1. The van der Waals surface area contributed by atoms with Crippen molar-refractivity contribution in [1.29, 1.82) is 0 Å². The number of hydrogen-bond donors (Lipinski definition) is 1. The van der Waals surface area contributed by atoms with E-state index in [9.17, 15) is 9.59 Å². The molecule has 0 spiro atoms. The Morgan fingerprint density at radius 3 is 2.65 bits per heavy atom. The van der Waals surface area contributed by atoms with Crippen molar-refractivity contribution < 1.29 is 19.1 Å². The van der Waals surface area contributed by atoms with Crippen LogP contribution in [-0.4, -0.2) is 30.3 Å². The fourth-order valence-electron chi connectivity index (χ4n) is 2.69. The monoisotopic (exact) mass is 614 g/mol. The average molecular weight is 615 g/mol. The van der Waals surface area contributed by atoms with Crippen LogP contribution in [0.2, 0.25) is 0 Å². The minimum Gasteiger partial charge on any atom is -0.480 e. The van der Waals surface area contributed by atoms with Crippen LogP contribution in [0.25, 0.3) is 6.08 Å². The smallest absolute Gasteiger partial charge is 0.344 e. The van der Waals surface area contributed by atoms with Gasteiger partial charge in [0.1, 0.15) is 5.75 Å². The summed E-state index contributed by atoms with van der Waals surface area (Å²) in [4.78, 5) is 29.0. The fourth-order valence-corrected chi connectivity index (χ4v) is 5.30. The van der Waals surface area contributed by atoms with Crippen molar-refractivity contribution in [2.24, 2.45) is 4.99 Å². The number of aliphatic imine (C=N–C) groups is 1. The average Bonchev–Trinajstić information content (AvgIpc) is 3.06. The number of amidine groups is 1. The third-order valence-electron chi connectivity index (χ3n) is 4.18. The summed E-state index contributed by atoms with van der Waals surface area (Å²) in [6.45, 7) is 3.99. The molecule has 0 bridgehead atoms. The van der Waals surface area contributed by atoms with E-state index in [1.807, 2.05) is 36.4 Å². The first-order valence-electron chi connectivity index (χ1n) is 9.55. The third kappa shape index (κ3) is 6.56. The van der Waals surface area contributed by atoms with E-state index in [2.05, 4.69) is 55.8 Å². The second-order valence-corrected chi connectivity index (χ2v) is 9.46. The van der Waals surface area contributed by atoms with Crippen LogP contribution in [0.1, 0.15) is 25.0 Å². The van der Waals surface area contributed by atoms with Gasteiger partial charge in [0.05, 0.1) is 25.2 Å². The molecular weight excluding hydrogens is 595 g/mol. The van der Waals surface area contributed by atoms with Gasteiger partial charge in [-0.3, -0.25) is 4.79 Å². The molecule has 1 fully saturated rings. The zero-order valence-electron chi connectivity index (χ0n) is 16.9. The van der Waals surface area contributed by atoms with Crippen LogP contribution in [0.15, 0.2) is 50.8 Å². The molecule has 1 heterocycles. The highest BCUT2D eigenvalue weighted by molar-refractivity contribution is 14.1. The fraction of sp³-hybridized carbons (Fsp3) is 0.227. The van der Waals surface area contributed by atoms with Crippen molar-refractivity contribution in [3.05, 3.63) is 60.5 Å². The zero-order valence-corrected chi connectivity index (χ0v) is 21.5. The Balaban J connectivity index is 1.74. The highest BCUT2D eigenvalue weighted by Crippen LogP contribution is 2.34. The van der Waals surface area contributed by atoms with Gasteiger partial charge in [-0.1, -0.05) is 19.1 Å². The maximum absolute atomic E-state index is 12.4. The number of carbonyl (C=O) groups is 2. The molecule has 162 valence electrons. The zero-order chi connectivity index (χ0) is 22.4. The molecular formula is C22H20BrIN2O4S. The maximum atomic E-state index is 12.4. The van der Waals surface area contributed by atoms with E-state index in [4.69, 9.17) is 9.47 Å². The summed E-state index contributed by atoms with van der Waals surface area (Å²) in [5, 5.41) is 3.35. The number of esters is 1. The molecule has 1 aliphatic rings. The molecule has 0 aliphatic carbocycles. The number of nitrogens with zero attached hydrogens (tertiary/aromatic N) is 1. The predicted molar refractivity (Wildman–Crippen MR) is 136 cm³/mol. The quantitative estimate of drug-likeness (QED) is 0.255. The van der Waals surface area contributed by atoms with Crippen LogP contribution in [0, 0.1) is 3.57 Å². The first-order chi connectivity index (χ1) is 14.9. The van der Waals surface area contributed by atoms with E-state index in [1.54, 1.807) is 13.0 Å². The molecule has 0 aromatic heterocycles. The van der Waals surface area contributed by atoms with Crippen LogP contribution in [0.5, 0.6) is 5.75 Å². The first kappa shape index (κ1) is 23.8. The molecule has 3 rings (SSSR count). The highest BCUT2D eigenvalue weighted by atomic mass is 127. The minimum atomic E-state index is -0.424. The van der Waals surface area contributed by atoms with Gasteiger partial charge < -0.3 is 14.8 Å². The topological polar surface area (TPSA) is 77.0 Å². The third-order valence-corrected chi connectivity index (χ3v) is 6.48. The number of carbonyl (C=O) groups excluding carboxylic acids is 2. The molecule has 31 heavy (non-hydrogen) atoms. The molecule has 1 saturated heterocycles. The van der Waals surface area contributed by atoms with Gasteiger partial charge in [-0.2, -0.15) is 0 Å². The van der Waals surface area contributed by atoms with Crippen LogP contribution in [-0.2, 0) is 20.7 Å². The number of halogens is 2. The molecule has 1 aliphatic heterocycles. The molecule has 2 aromatic carbocycles. The molecule has 0 saturated carbocycles. The molecule has 2 aromatic rings. The van der Waals surface area contributed by atoms with Crippen LogP contribution >= 0.6 is 50.3 Å². The van der Waals surface area contributed by atoms with Crippen LogP contribution < -0.4 is 10.1 Å². The number of ether oxygens (including phenoxy) is 2. The summed E-state index contributed by atoms with van der Waals surface area (Å²) < 4.78 is 11.9. The predicted octanol–water partition coefficient (Wildman–Crippen LogP) is 5.45. The van der Waals surface area contributed by atoms with Crippen molar-refractivity contribution in [2.45, 2.75) is 20.3 Å². The van der Waals surface area contributed by atoms with Gasteiger partial charge in [-0.25, -0.2) is 9.79 Å². The normalized spacial score (nSPS) is 15.9. The standard InChI is InChI=1S/C22H20BrIN2O4S/c1-3-13-5-7-15(8-6-13)25-22-26-21(28)18(31-22)11-14-9-16(23)20(17(24)10-14)30-12-19(27)29-4-2/h5-11H,3-4,12H2,1-2H3,(H,25,26,28)/b18-11-. The Kier molecular flexibility index (Phi) is 8.56. The number of amides is 1. The van der Waals surface area contributed by atoms with Gasteiger partial charge in [-0.05, 0) is 105 Å². The highest BCUT2D eigenvalue weighted by Gasteiger charge is 2.24. The summed E-state index contributed by atoms with van der Waals surface area (Å²) in [6.07, 6.45) is 2.76. The van der Waals surface area contributed by atoms with Gasteiger partial charge in [0, 0.05) is 0 Å². The van der Waals surface area contributed by atoms with E-state index < -0.39 is 5.97 Å². The molecule has 6 nitrogen and oxygen atoms in total. The van der Waals surface area contributed by atoms with E-state index >= 15 is 0 Å². The molecule has 1 N–H and O–H groups in total. The van der Waals surface area contributed by atoms with Crippen LogP contribution in [0.4, 0.5) is 5.69 Å². The minimum absolute atomic E-state index is 0.166. The Morgan fingerprint density at radius 2 is 2.00 bits per heavy atom. The molecule has 1 amide bonds. The van der Waals surface area contributed by atoms with Crippen LogP contribution in [0.3, 0.4) is 0 Å². The molecule has 9 heteroatoms. The number of benzene rings is 2. The molecule has 0 atom stereocenters. The Morgan fingerprint density at radius 1 is 1.26 bits per heavy atom. The Hall–Kier alpha value is -1.85. The number of rotatable bonds is 7. The summed E-state index contributed by atoms with van der Waals surface area (Å²) in [7, 11) is 0. The number of hydrogen-bond acceptors (Lipinski definition) is 6. The Bertz CT molecular complexity index is 1030. The van der Waals surface area contributed by atoms with Gasteiger partial charge >= 0.3 is 5.97 Å². The summed E-state index contributed by atoms with van der Waals surface area (Å²) in [6, 6.07) is 11.7. The second-order valence-electron chi connectivity index (χ2n) is 6.41. The lowest BCUT2D eigenvalue weighted by molar-refractivity contribution is -0.145. The molecule has 0 unspecified atom stereocenters. The lowest BCUT2D eigenvalue weighted by Crippen LogP contribution is -2.19. The largest absolute Gasteiger partial charge is 0.480 e. The van der Waals surface area contributed by atoms with E-state index in [0.29, 0.717) is 26.9 Å². The number of thioether (sulfide) groups is 1. The maximum Gasteiger partial charge on any atom is 0.344 e. The number of aryl methyl sites for hydroxylation is 1. The first-order valence-corrected chi connectivity index (χ1v) is 12.2. The summed E-state index contributed by atoms with van der Waals surface area (Å²) in [5.74, 6) is -0.0635. The SMILES string of the molecule is CCOC(=O)COc1c(Br)cc(/C=C2\SC(=Nc3ccc(CC)cc3)NC2=O)cc1I. The van der Waals surface area contributed by atoms with Gasteiger partial charge in [-0.15, -0.1) is 0 Å². The van der Waals surface area contributed by atoms with E-state index in [-0.39, 0.29) is 12.5 Å². The van der Waals surface area contributed by atoms with Crippen molar-refractivity contribution >= 4 is 79.1 Å². The summed E-state index contributed by atoms with van der Waals surface area (Å²) >= 11 is 6.90. The van der Waals surface area contributed by atoms with Crippen molar-refractivity contribution in [3.63, 3.8) is 0 Å². The van der Waals surface area contributed by atoms with E-state index in [1.165, 1.54) is 17.3 Å². The van der Waals surface area contributed by atoms with Crippen molar-refractivity contribution in [1.82, 2.24) is 5.32 Å². The lowest BCUT2D eigenvalue weighted by atomic mass is 10.2. The molecule has 0 radical (unpaired) electrons. The lowest BCUT2D eigenvalue weighted by Gasteiger charge is -2.11. The van der Waals surface area contributed by atoms with Gasteiger partial charge in [0.2, 0.25) is 0 Å². The van der Waals surface area contributed by atoms with Crippen molar-refractivity contribution in [2.75, 3.05) is 13.2 Å².